The zero-order chi connectivity index (χ0) is 22.7. The molecule has 0 bridgehead atoms. The van der Waals surface area contributed by atoms with Crippen LogP contribution in [0.3, 0.4) is 0 Å². The van der Waals surface area contributed by atoms with Crippen LogP contribution >= 0.6 is 0 Å². The third-order valence-corrected chi connectivity index (χ3v) is 6.04. The van der Waals surface area contributed by atoms with Crippen molar-refractivity contribution in [2.45, 2.75) is 38.2 Å². The molecule has 1 aromatic heterocycles. The van der Waals surface area contributed by atoms with E-state index in [1.54, 1.807) is 24.4 Å². The first kappa shape index (κ1) is 21.7. The molecule has 0 amide bonds. The van der Waals surface area contributed by atoms with Crippen molar-refractivity contribution in [1.29, 1.82) is 0 Å². The highest BCUT2D eigenvalue weighted by Crippen LogP contribution is 2.39. The first-order valence-corrected chi connectivity index (χ1v) is 10.5. The predicted molar refractivity (Wildman–Crippen MR) is 118 cm³/mol. The number of carbonyl (C=O) groups is 1. The van der Waals surface area contributed by atoms with Gasteiger partial charge in [0.25, 0.3) is 0 Å². The molecule has 7 heteroatoms. The van der Waals surface area contributed by atoms with E-state index in [0.717, 1.165) is 36.2 Å². The van der Waals surface area contributed by atoms with Gasteiger partial charge in [0.15, 0.2) is 0 Å². The van der Waals surface area contributed by atoms with Gasteiger partial charge in [-0.05, 0) is 78.6 Å². The van der Waals surface area contributed by atoms with Crippen molar-refractivity contribution in [3.05, 3.63) is 83.2 Å². The molecule has 0 unspecified atom stereocenters. The Kier molecular flexibility index (Phi) is 6.35. The second-order valence-electron chi connectivity index (χ2n) is 7.93. The van der Waals surface area contributed by atoms with Crippen molar-refractivity contribution in [3.8, 4) is 5.75 Å². The molecule has 2 aromatic carbocycles. The van der Waals surface area contributed by atoms with Crippen molar-refractivity contribution in [2.75, 3.05) is 11.9 Å². The second-order valence-corrected chi connectivity index (χ2v) is 7.93. The number of aromatic carboxylic acids is 1. The molecular formula is C25H24F2N2O3. The third-order valence-electron chi connectivity index (χ3n) is 6.04. The number of aromatic nitrogens is 1. The summed E-state index contributed by atoms with van der Waals surface area (Å²) in [7, 11) is 1.89. The predicted octanol–water partition coefficient (Wildman–Crippen LogP) is 5.81. The lowest BCUT2D eigenvalue weighted by Gasteiger charge is -2.21. The molecule has 0 saturated carbocycles. The number of fused-ring (bicyclic) bond motifs is 1. The Morgan fingerprint density at radius 3 is 2.81 bits per heavy atom. The minimum absolute atomic E-state index is 0.127. The van der Waals surface area contributed by atoms with Crippen LogP contribution in [0.1, 0.15) is 45.8 Å². The van der Waals surface area contributed by atoms with E-state index >= 15 is 0 Å². The number of halogens is 2. The number of aryl methyl sites for hydroxylation is 2. The van der Waals surface area contributed by atoms with Gasteiger partial charge in [-0.15, -0.1) is 0 Å². The normalized spacial score (nSPS) is 14.9. The molecule has 0 fully saturated rings. The number of benzene rings is 2. The van der Waals surface area contributed by atoms with Crippen LogP contribution < -0.4 is 9.64 Å². The number of carboxylic acids is 1. The van der Waals surface area contributed by atoms with Crippen LogP contribution in [0.25, 0.3) is 0 Å². The number of hydrogen-bond acceptors (Lipinski definition) is 4. The molecule has 0 aliphatic heterocycles. The van der Waals surface area contributed by atoms with E-state index in [0.29, 0.717) is 17.9 Å². The highest BCUT2D eigenvalue weighted by molar-refractivity contribution is 5.89. The van der Waals surface area contributed by atoms with Crippen LogP contribution in [-0.4, -0.2) is 29.7 Å². The zero-order valence-electron chi connectivity index (χ0n) is 17.7. The summed E-state index contributed by atoms with van der Waals surface area (Å²) in [6.45, 7) is -2.86. The van der Waals surface area contributed by atoms with Gasteiger partial charge in [0.05, 0.1) is 5.56 Å². The van der Waals surface area contributed by atoms with Crippen LogP contribution in [0.5, 0.6) is 5.75 Å². The average Bonchev–Trinajstić information content (AvgIpc) is 3.19. The van der Waals surface area contributed by atoms with E-state index in [4.69, 9.17) is 0 Å². The van der Waals surface area contributed by atoms with Gasteiger partial charge in [-0.25, -0.2) is 4.79 Å². The number of nitrogens with zero attached hydrogens (tertiary/aromatic N) is 2. The minimum Gasteiger partial charge on any atom is -0.478 e. The zero-order valence-corrected chi connectivity index (χ0v) is 17.7. The van der Waals surface area contributed by atoms with Crippen LogP contribution in [-0.2, 0) is 12.8 Å². The lowest BCUT2D eigenvalue weighted by atomic mass is 9.93. The quantitative estimate of drug-likeness (QED) is 0.481. The Morgan fingerprint density at radius 2 is 2.03 bits per heavy atom. The summed E-state index contributed by atoms with van der Waals surface area (Å²) in [5.74, 6) is -0.430. The number of pyridine rings is 1. The molecule has 1 aliphatic carbocycles. The summed E-state index contributed by atoms with van der Waals surface area (Å²) in [5, 5.41) is 9.37. The molecular weight excluding hydrogens is 414 g/mol. The van der Waals surface area contributed by atoms with Gasteiger partial charge in [0.1, 0.15) is 5.75 Å². The summed E-state index contributed by atoms with van der Waals surface area (Å²) in [5.41, 5.74) is 5.36. The fraction of sp³-hybridized carbons (Fsp3) is 0.280. The van der Waals surface area contributed by atoms with E-state index < -0.39 is 12.6 Å². The summed E-state index contributed by atoms with van der Waals surface area (Å²) in [6.07, 6.45) is 6.64. The monoisotopic (exact) mass is 438 g/mol. The summed E-state index contributed by atoms with van der Waals surface area (Å²) in [4.78, 5) is 17.5. The molecule has 0 radical (unpaired) electrons. The van der Waals surface area contributed by atoms with Gasteiger partial charge < -0.3 is 14.7 Å². The first-order valence-electron chi connectivity index (χ1n) is 10.5. The number of ether oxygens (including phenoxy) is 1. The Morgan fingerprint density at radius 1 is 1.22 bits per heavy atom. The molecule has 1 atom stereocenters. The summed E-state index contributed by atoms with van der Waals surface area (Å²) < 4.78 is 29.6. The van der Waals surface area contributed by atoms with E-state index in [1.165, 1.54) is 23.4 Å². The number of carboxylic acid groups (broad SMARTS) is 1. The highest BCUT2D eigenvalue weighted by Gasteiger charge is 2.24. The fourth-order valence-corrected chi connectivity index (χ4v) is 4.38. The molecule has 32 heavy (non-hydrogen) atoms. The van der Waals surface area contributed by atoms with E-state index in [1.807, 2.05) is 24.1 Å². The van der Waals surface area contributed by atoms with Gasteiger partial charge in [0.2, 0.25) is 0 Å². The maximum absolute atomic E-state index is 12.5. The lowest BCUT2D eigenvalue weighted by Crippen LogP contribution is -2.10. The van der Waals surface area contributed by atoms with E-state index in [2.05, 4.69) is 21.9 Å². The van der Waals surface area contributed by atoms with Crippen LogP contribution in [0, 0.1) is 0 Å². The maximum atomic E-state index is 12.5. The number of anilines is 2. The smallest absolute Gasteiger partial charge is 0.387 e. The first-order chi connectivity index (χ1) is 15.4. The Hall–Kier alpha value is -3.48. The molecule has 4 rings (SSSR count). The number of hydrogen-bond donors (Lipinski definition) is 1. The van der Waals surface area contributed by atoms with Crippen molar-refractivity contribution < 1.29 is 23.4 Å². The molecule has 5 nitrogen and oxygen atoms in total. The third kappa shape index (κ3) is 4.72. The highest BCUT2D eigenvalue weighted by atomic mass is 19.3. The Labute approximate surface area is 185 Å². The molecule has 0 saturated heterocycles. The van der Waals surface area contributed by atoms with Crippen LogP contribution in [0.15, 0.2) is 60.9 Å². The molecule has 0 spiro atoms. The van der Waals surface area contributed by atoms with Gasteiger partial charge >= 0.3 is 12.6 Å². The molecule has 166 valence electrons. The second kappa shape index (κ2) is 9.34. The van der Waals surface area contributed by atoms with Crippen molar-refractivity contribution in [1.82, 2.24) is 4.98 Å². The standard InChI is InChI=1S/C25H24F2N2O3/c1-29(19-3-2-4-21(14-19)32-25(26)27)20-9-10-22-16(5-7-17(22)13-20)6-8-18-15-28-12-11-23(18)24(30)31/h2-4,9-16,25H,5-8H2,1H3,(H,30,31)/t16-/m0/s1. The van der Waals surface area contributed by atoms with Crippen molar-refractivity contribution in [3.63, 3.8) is 0 Å². The Bertz CT molecular complexity index is 1120. The number of rotatable bonds is 8. The number of alkyl halides is 2. The molecule has 1 heterocycles. The average molecular weight is 438 g/mol. The van der Waals surface area contributed by atoms with E-state index in [-0.39, 0.29) is 5.75 Å². The van der Waals surface area contributed by atoms with Gasteiger partial charge in [-0.2, -0.15) is 8.78 Å². The fourth-order valence-electron chi connectivity index (χ4n) is 4.38. The molecule has 1 N–H and O–H groups in total. The largest absolute Gasteiger partial charge is 0.478 e. The summed E-state index contributed by atoms with van der Waals surface area (Å²) in [6, 6.07) is 14.5. The van der Waals surface area contributed by atoms with Gasteiger partial charge in [-0.1, -0.05) is 12.1 Å². The topological polar surface area (TPSA) is 62.7 Å². The van der Waals surface area contributed by atoms with Gasteiger partial charge in [0, 0.05) is 36.9 Å². The van der Waals surface area contributed by atoms with Crippen molar-refractivity contribution >= 4 is 17.3 Å². The minimum atomic E-state index is -2.86. The SMILES string of the molecule is CN(c1cccc(OC(F)F)c1)c1ccc2c(c1)CC[C@H]2CCc1cnccc1C(=O)O. The maximum Gasteiger partial charge on any atom is 0.387 e. The Balaban J connectivity index is 1.48. The van der Waals surface area contributed by atoms with Crippen LogP contribution in [0.2, 0.25) is 0 Å². The van der Waals surface area contributed by atoms with Crippen LogP contribution in [0.4, 0.5) is 20.2 Å². The van der Waals surface area contributed by atoms with Gasteiger partial charge in [-0.3, -0.25) is 4.98 Å². The molecule has 3 aromatic rings. The van der Waals surface area contributed by atoms with Crippen molar-refractivity contribution in [2.24, 2.45) is 0 Å². The van der Waals surface area contributed by atoms with E-state index in [9.17, 15) is 18.7 Å². The molecule has 1 aliphatic rings. The lowest BCUT2D eigenvalue weighted by molar-refractivity contribution is -0.0498. The summed E-state index contributed by atoms with van der Waals surface area (Å²) >= 11 is 0.